The minimum Gasteiger partial charge on any atom is -0.378 e. The lowest BCUT2D eigenvalue weighted by Crippen LogP contribution is -2.36. The van der Waals surface area contributed by atoms with Crippen molar-refractivity contribution in [3.05, 3.63) is 57.2 Å². The fraction of sp³-hybridized carbons (Fsp3) is 0.333. The molecule has 1 saturated heterocycles. The summed E-state index contributed by atoms with van der Waals surface area (Å²) in [6, 6.07) is 9.85. The summed E-state index contributed by atoms with van der Waals surface area (Å²) in [5, 5.41) is 10.4. The van der Waals surface area contributed by atoms with Crippen molar-refractivity contribution < 1.29 is 9.53 Å². The van der Waals surface area contributed by atoms with Crippen molar-refractivity contribution in [2.24, 2.45) is 0 Å². The maximum Gasteiger partial charge on any atom is 0.294 e. The SMILES string of the molecule is CCc1cccc(C)c1NC(=O)Cn1nc(-c2cccs2)c2sc(N3CCOCC3)nc2c1=O. The Balaban J connectivity index is 1.53. The molecule has 34 heavy (non-hydrogen) atoms. The molecule has 1 fully saturated rings. The number of carbonyl (C=O) groups is 1. The van der Waals surface area contributed by atoms with Crippen LogP contribution in [0, 0.1) is 6.92 Å². The Morgan fingerprint density at radius 3 is 2.76 bits per heavy atom. The monoisotopic (exact) mass is 495 g/mol. The van der Waals surface area contributed by atoms with Crippen LogP contribution in [0.15, 0.2) is 40.5 Å². The maximum atomic E-state index is 13.3. The molecular weight excluding hydrogens is 470 g/mol. The Morgan fingerprint density at radius 1 is 1.21 bits per heavy atom. The van der Waals surface area contributed by atoms with E-state index < -0.39 is 0 Å². The van der Waals surface area contributed by atoms with Gasteiger partial charge in [-0.25, -0.2) is 9.67 Å². The second-order valence-corrected chi connectivity index (χ2v) is 10.00. The van der Waals surface area contributed by atoms with Crippen LogP contribution in [0.5, 0.6) is 0 Å². The lowest BCUT2D eigenvalue weighted by Gasteiger charge is -2.25. The van der Waals surface area contributed by atoms with Crippen LogP contribution in [-0.2, 0) is 22.5 Å². The van der Waals surface area contributed by atoms with Crippen molar-refractivity contribution in [3.63, 3.8) is 0 Å². The molecule has 0 bridgehead atoms. The van der Waals surface area contributed by atoms with Crippen LogP contribution in [0.3, 0.4) is 0 Å². The number of carbonyl (C=O) groups excluding carboxylic acids is 1. The number of rotatable bonds is 6. The second kappa shape index (κ2) is 9.65. The predicted molar refractivity (Wildman–Crippen MR) is 137 cm³/mol. The molecule has 0 atom stereocenters. The zero-order valence-electron chi connectivity index (χ0n) is 19.0. The van der Waals surface area contributed by atoms with Crippen LogP contribution in [0.25, 0.3) is 20.8 Å². The molecule has 1 aromatic carbocycles. The summed E-state index contributed by atoms with van der Waals surface area (Å²) in [6.45, 7) is 6.55. The molecule has 1 N–H and O–H groups in total. The summed E-state index contributed by atoms with van der Waals surface area (Å²) >= 11 is 3.01. The number of aromatic nitrogens is 3. The number of thiophene rings is 1. The highest BCUT2D eigenvalue weighted by Crippen LogP contribution is 2.35. The Kier molecular flexibility index (Phi) is 6.44. The Labute approximate surface area is 204 Å². The number of para-hydroxylation sites is 1. The number of nitrogens with zero attached hydrogens (tertiary/aromatic N) is 4. The fourth-order valence-corrected chi connectivity index (χ4v) is 5.92. The van der Waals surface area contributed by atoms with Crippen LogP contribution in [0.1, 0.15) is 18.1 Å². The average Bonchev–Trinajstić information content (AvgIpc) is 3.54. The largest absolute Gasteiger partial charge is 0.378 e. The first kappa shape index (κ1) is 22.7. The highest BCUT2D eigenvalue weighted by molar-refractivity contribution is 7.23. The number of aryl methyl sites for hydroxylation is 2. The van der Waals surface area contributed by atoms with Gasteiger partial charge in [-0.1, -0.05) is 42.5 Å². The van der Waals surface area contributed by atoms with Crippen molar-refractivity contribution >= 4 is 49.6 Å². The van der Waals surface area contributed by atoms with E-state index in [4.69, 9.17) is 4.74 Å². The lowest BCUT2D eigenvalue weighted by atomic mass is 10.1. The van der Waals surface area contributed by atoms with Gasteiger partial charge in [0.25, 0.3) is 5.56 Å². The van der Waals surface area contributed by atoms with Crippen molar-refractivity contribution in [2.45, 2.75) is 26.8 Å². The molecule has 1 amide bonds. The number of thiazole rings is 1. The van der Waals surface area contributed by atoms with Gasteiger partial charge in [0.15, 0.2) is 10.6 Å². The van der Waals surface area contributed by atoms with Crippen LogP contribution < -0.4 is 15.8 Å². The van der Waals surface area contributed by atoms with Gasteiger partial charge in [0.1, 0.15) is 12.2 Å². The molecule has 0 unspecified atom stereocenters. The normalized spacial score (nSPS) is 14.0. The standard InChI is InChI=1S/C24H25N5O3S2/c1-3-16-7-4-6-15(2)19(16)25-18(30)14-29-23(31)21-22(20(27-29)17-8-5-13-33-17)34-24(26-21)28-9-11-32-12-10-28/h4-8,13H,3,9-12,14H2,1-2H3,(H,25,30). The van der Waals surface area contributed by atoms with Gasteiger partial charge in [-0.3, -0.25) is 9.59 Å². The molecule has 4 heterocycles. The van der Waals surface area contributed by atoms with E-state index in [0.29, 0.717) is 24.4 Å². The van der Waals surface area contributed by atoms with Gasteiger partial charge in [-0.05, 0) is 35.9 Å². The molecule has 3 aromatic heterocycles. The van der Waals surface area contributed by atoms with E-state index in [0.717, 1.165) is 51.0 Å². The molecule has 176 valence electrons. The molecule has 0 saturated carbocycles. The number of anilines is 2. The molecular formula is C24H25N5O3S2. The summed E-state index contributed by atoms with van der Waals surface area (Å²) in [5.41, 5.74) is 3.50. The molecule has 1 aliphatic rings. The average molecular weight is 496 g/mol. The van der Waals surface area contributed by atoms with Gasteiger partial charge >= 0.3 is 0 Å². The van der Waals surface area contributed by atoms with Gasteiger partial charge in [0.2, 0.25) is 5.91 Å². The van der Waals surface area contributed by atoms with E-state index in [2.05, 4.69) is 20.3 Å². The molecule has 10 heteroatoms. The number of morpholine rings is 1. The van der Waals surface area contributed by atoms with Crippen LogP contribution >= 0.6 is 22.7 Å². The number of amides is 1. The topological polar surface area (TPSA) is 89.3 Å². The third-order valence-electron chi connectivity index (χ3n) is 5.82. The van der Waals surface area contributed by atoms with E-state index in [1.54, 1.807) is 11.3 Å². The minimum absolute atomic E-state index is 0.185. The number of ether oxygens (including phenoxy) is 1. The summed E-state index contributed by atoms with van der Waals surface area (Å²) in [6.07, 6.45) is 0.799. The number of benzene rings is 1. The Hall–Kier alpha value is -3.08. The fourth-order valence-electron chi connectivity index (χ4n) is 4.04. The quantitative estimate of drug-likeness (QED) is 0.436. The summed E-state index contributed by atoms with van der Waals surface area (Å²) in [7, 11) is 0. The predicted octanol–water partition coefficient (Wildman–Crippen LogP) is 3.93. The van der Waals surface area contributed by atoms with Gasteiger partial charge in [0, 0.05) is 18.8 Å². The highest BCUT2D eigenvalue weighted by Gasteiger charge is 2.23. The van der Waals surface area contributed by atoms with Crippen molar-refractivity contribution in [1.82, 2.24) is 14.8 Å². The van der Waals surface area contributed by atoms with E-state index in [9.17, 15) is 9.59 Å². The number of hydrogen-bond acceptors (Lipinski definition) is 8. The van der Waals surface area contributed by atoms with Crippen molar-refractivity contribution in [3.8, 4) is 10.6 Å². The number of hydrogen-bond donors (Lipinski definition) is 1. The van der Waals surface area contributed by atoms with E-state index in [-0.39, 0.29) is 18.0 Å². The van der Waals surface area contributed by atoms with Gasteiger partial charge < -0.3 is 15.0 Å². The summed E-state index contributed by atoms with van der Waals surface area (Å²) in [4.78, 5) is 34.1. The third kappa shape index (κ3) is 4.36. The molecule has 1 aliphatic heterocycles. The van der Waals surface area contributed by atoms with Gasteiger partial charge in [-0.15, -0.1) is 11.3 Å². The first-order chi connectivity index (χ1) is 16.5. The van der Waals surface area contributed by atoms with E-state index >= 15 is 0 Å². The molecule has 5 rings (SSSR count). The number of nitrogens with one attached hydrogen (secondary N) is 1. The van der Waals surface area contributed by atoms with Crippen molar-refractivity contribution in [2.75, 3.05) is 36.5 Å². The zero-order valence-corrected chi connectivity index (χ0v) is 20.7. The highest BCUT2D eigenvalue weighted by atomic mass is 32.1. The minimum atomic E-state index is -0.360. The molecule has 0 spiro atoms. The van der Waals surface area contributed by atoms with Gasteiger partial charge in [0.05, 0.1) is 22.8 Å². The summed E-state index contributed by atoms with van der Waals surface area (Å²) in [5.74, 6) is -0.293. The molecule has 8 nitrogen and oxygen atoms in total. The molecule has 0 aliphatic carbocycles. The zero-order chi connectivity index (χ0) is 23.7. The van der Waals surface area contributed by atoms with E-state index in [1.165, 1.54) is 16.0 Å². The van der Waals surface area contributed by atoms with Crippen LogP contribution in [-0.4, -0.2) is 47.0 Å². The lowest BCUT2D eigenvalue weighted by molar-refractivity contribution is -0.117. The van der Waals surface area contributed by atoms with Crippen LogP contribution in [0.4, 0.5) is 10.8 Å². The van der Waals surface area contributed by atoms with Gasteiger partial charge in [-0.2, -0.15) is 5.10 Å². The maximum absolute atomic E-state index is 13.3. The Bertz CT molecular complexity index is 1390. The first-order valence-electron chi connectivity index (χ1n) is 11.2. The van der Waals surface area contributed by atoms with Crippen LogP contribution in [0.2, 0.25) is 0 Å². The first-order valence-corrected chi connectivity index (χ1v) is 12.9. The smallest absolute Gasteiger partial charge is 0.294 e. The molecule has 4 aromatic rings. The third-order valence-corrected chi connectivity index (χ3v) is 7.82. The summed E-state index contributed by atoms with van der Waals surface area (Å²) < 4.78 is 7.44. The van der Waals surface area contributed by atoms with Crippen molar-refractivity contribution in [1.29, 1.82) is 0 Å². The number of fused-ring (bicyclic) bond motifs is 1. The second-order valence-electron chi connectivity index (χ2n) is 8.07. The Morgan fingerprint density at radius 2 is 2.03 bits per heavy atom. The molecule has 0 radical (unpaired) electrons. The van der Waals surface area contributed by atoms with E-state index in [1.807, 2.05) is 49.6 Å².